The van der Waals surface area contributed by atoms with Crippen molar-refractivity contribution < 1.29 is 8.42 Å². The van der Waals surface area contributed by atoms with Crippen LogP contribution in [0.3, 0.4) is 0 Å². The van der Waals surface area contributed by atoms with Gasteiger partial charge in [0.2, 0.25) is 0 Å². The largest absolute Gasteiger partial charge is 0.331 e. The third kappa shape index (κ3) is 4.75. The van der Waals surface area contributed by atoms with E-state index < -0.39 is 15.4 Å². The molecule has 0 spiro atoms. The van der Waals surface area contributed by atoms with Crippen LogP contribution < -0.4 is 5.56 Å². The first-order valence-corrected chi connectivity index (χ1v) is 9.47. The molecule has 1 aromatic carbocycles. The highest BCUT2D eigenvalue weighted by Crippen LogP contribution is 2.14. The van der Waals surface area contributed by atoms with E-state index in [2.05, 4.69) is 9.97 Å². The van der Waals surface area contributed by atoms with Gasteiger partial charge in [-0.25, -0.2) is 8.42 Å². The summed E-state index contributed by atoms with van der Waals surface area (Å²) >= 11 is 4.91. The fourth-order valence-electron chi connectivity index (χ4n) is 2.13. The zero-order chi connectivity index (χ0) is 17.7. The number of sulfone groups is 1. The highest BCUT2D eigenvalue weighted by Gasteiger charge is 2.07. The van der Waals surface area contributed by atoms with Gasteiger partial charge in [0.25, 0.3) is 5.56 Å². The van der Waals surface area contributed by atoms with Gasteiger partial charge in [0.05, 0.1) is 11.4 Å². The second kappa shape index (κ2) is 7.38. The fraction of sp³-hybridized carbons (Fsp3) is 0.188. The van der Waals surface area contributed by atoms with Gasteiger partial charge in [-0.15, -0.1) is 0 Å². The Morgan fingerprint density at radius 3 is 2.62 bits per heavy atom. The van der Waals surface area contributed by atoms with Gasteiger partial charge in [-0.05, 0) is 35.8 Å². The summed E-state index contributed by atoms with van der Waals surface area (Å²) < 4.78 is 22.8. The van der Waals surface area contributed by atoms with Gasteiger partial charge in [0, 0.05) is 6.26 Å². The van der Waals surface area contributed by atoms with Crippen molar-refractivity contribution in [2.75, 3.05) is 12.0 Å². The Labute approximate surface area is 144 Å². The molecule has 0 atom stereocenters. The molecule has 2 rings (SSSR count). The van der Waals surface area contributed by atoms with Crippen LogP contribution in [0.4, 0.5) is 0 Å². The Balaban J connectivity index is 2.39. The van der Waals surface area contributed by atoms with Crippen LogP contribution in [0.15, 0.2) is 29.1 Å². The van der Waals surface area contributed by atoms with Crippen molar-refractivity contribution in [3.63, 3.8) is 0 Å². The molecule has 0 amide bonds. The normalized spacial score (nSPS) is 11.5. The van der Waals surface area contributed by atoms with E-state index in [1.807, 2.05) is 30.3 Å². The van der Waals surface area contributed by atoms with Crippen LogP contribution in [0.25, 0.3) is 12.2 Å². The summed E-state index contributed by atoms with van der Waals surface area (Å²) in [7, 11) is -3.06. The van der Waals surface area contributed by atoms with E-state index in [4.69, 9.17) is 17.5 Å². The Hall–Kier alpha value is -2.50. The van der Waals surface area contributed by atoms with Crippen molar-refractivity contribution in [2.45, 2.75) is 6.42 Å². The van der Waals surface area contributed by atoms with E-state index in [1.54, 1.807) is 12.2 Å². The average Bonchev–Trinajstić information content (AvgIpc) is 2.50. The molecule has 0 saturated carbocycles. The molecule has 0 unspecified atom stereocenters. The topological polar surface area (TPSA) is 107 Å². The zero-order valence-corrected chi connectivity index (χ0v) is 14.5. The van der Waals surface area contributed by atoms with Crippen LogP contribution in [-0.4, -0.2) is 30.4 Å². The SMILES string of the molecule is CS(=O)(=O)CCc1ccccc1/C=C/c1[nH]c(=S)[nH]c(=O)c1C#N. The number of H-pyrrole nitrogens is 2. The maximum absolute atomic E-state index is 11.7. The molecular formula is C16H15N3O3S2. The number of aryl methyl sites for hydroxylation is 1. The summed E-state index contributed by atoms with van der Waals surface area (Å²) in [4.78, 5) is 16.8. The number of hydrogen-bond acceptors (Lipinski definition) is 5. The Kier molecular flexibility index (Phi) is 5.49. The molecule has 0 aliphatic heterocycles. The molecule has 6 nitrogen and oxygen atoms in total. The van der Waals surface area contributed by atoms with E-state index >= 15 is 0 Å². The summed E-state index contributed by atoms with van der Waals surface area (Å²) in [5.41, 5.74) is 1.37. The summed E-state index contributed by atoms with van der Waals surface area (Å²) in [5.74, 6) is 0.0503. The van der Waals surface area contributed by atoms with Gasteiger partial charge in [-0.1, -0.05) is 30.3 Å². The number of nitrogens with zero attached hydrogens (tertiary/aromatic N) is 1. The highest BCUT2D eigenvalue weighted by molar-refractivity contribution is 7.90. The van der Waals surface area contributed by atoms with E-state index in [0.29, 0.717) is 12.1 Å². The average molecular weight is 361 g/mol. The molecule has 1 heterocycles. The number of nitrogens with one attached hydrogen (secondary N) is 2. The number of aromatic amines is 2. The minimum atomic E-state index is -3.06. The predicted molar refractivity (Wildman–Crippen MR) is 95.7 cm³/mol. The third-order valence-electron chi connectivity index (χ3n) is 3.31. The summed E-state index contributed by atoms with van der Waals surface area (Å²) in [6.45, 7) is 0. The van der Waals surface area contributed by atoms with E-state index in [9.17, 15) is 13.2 Å². The van der Waals surface area contributed by atoms with Crippen LogP contribution >= 0.6 is 12.2 Å². The first-order chi connectivity index (χ1) is 11.3. The lowest BCUT2D eigenvalue weighted by Crippen LogP contribution is -2.13. The predicted octanol–water partition coefficient (Wildman–Crippen LogP) is 2.06. The molecule has 24 heavy (non-hydrogen) atoms. The Bertz CT molecular complexity index is 1040. The second-order valence-electron chi connectivity index (χ2n) is 5.22. The maximum atomic E-state index is 11.7. The summed E-state index contributed by atoms with van der Waals surface area (Å²) in [6, 6.07) is 9.17. The maximum Gasteiger partial charge on any atom is 0.270 e. The highest BCUT2D eigenvalue weighted by atomic mass is 32.2. The first-order valence-electron chi connectivity index (χ1n) is 7.00. The van der Waals surface area contributed by atoms with Crippen LogP contribution in [0.2, 0.25) is 0 Å². The van der Waals surface area contributed by atoms with Crippen molar-refractivity contribution in [2.24, 2.45) is 0 Å². The number of hydrogen-bond donors (Lipinski definition) is 2. The second-order valence-corrected chi connectivity index (χ2v) is 7.89. The molecule has 0 aliphatic rings. The molecule has 124 valence electrons. The van der Waals surface area contributed by atoms with E-state index in [1.165, 1.54) is 6.26 Å². The smallest absolute Gasteiger partial charge is 0.270 e. The van der Waals surface area contributed by atoms with Gasteiger partial charge < -0.3 is 4.98 Å². The van der Waals surface area contributed by atoms with E-state index in [0.717, 1.165) is 11.1 Å². The molecule has 0 fully saturated rings. The van der Waals surface area contributed by atoms with Gasteiger partial charge in [-0.3, -0.25) is 9.78 Å². The number of aromatic nitrogens is 2. The van der Waals surface area contributed by atoms with E-state index in [-0.39, 0.29) is 16.1 Å². The van der Waals surface area contributed by atoms with Gasteiger partial charge >= 0.3 is 0 Å². The zero-order valence-electron chi connectivity index (χ0n) is 12.9. The molecule has 2 aromatic rings. The Morgan fingerprint density at radius 1 is 1.25 bits per heavy atom. The van der Waals surface area contributed by atoms with Gasteiger partial charge in [0.15, 0.2) is 4.77 Å². The molecule has 0 radical (unpaired) electrons. The summed E-state index contributed by atoms with van der Waals surface area (Å²) in [6.07, 6.45) is 4.89. The molecule has 0 saturated heterocycles. The summed E-state index contributed by atoms with van der Waals surface area (Å²) in [5, 5.41) is 9.09. The number of nitriles is 1. The molecular weight excluding hydrogens is 346 g/mol. The Morgan fingerprint density at radius 2 is 1.96 bits per heavy atom. The quantitative estimate of drug-likeness (QED) is 0.793. The third-order valence-corrected chi connectivity index (χ3v) is 4.46. The van der Waals surface area contributed by atoms with Crippen molar-refractivity contribution >= 4 is 34.2 Å². The number of rotatable bonds is 5. The van der Waals surface area contributed by atoms with Crippen molar-refractivity contribution in [1.82, 2.24) is 9.97 Å². The lowest BCUT2D eigenvalue weighted by molar-refractivity contribution is 0.601. The van der Waals surface area contributed by atoms with Crippen LogP contribution in [0, 0.1) is 16.1 Å². The molecule has 0 bridgehead atoms. The standard InChI is InChI=1S/C16H15N3O3S2/c1-24(21,22)9-8-12-5-3-2-4-11(12)6-7-14-13(10-17)15(20)19-16(23)18-14/h2-7H,8-9H2,1H3,(H2,18,19,20,23)/b7-6+. The lowest BCUT2D eigenvalue weighted by atomic mass is 10.0. The van der Waals surface area contributed by atoms with Crippen molar-refractivity contribution in [3.8, 4) is 6.07 Å². The monoisotopic (exact) mass is 361 g/mol. The van der Waals surface area contributed by atoms with Gasteiger partial charge in [0.1, 0.15) is 21.5 Å². The lowest BCUT2D eigenvalue weighted by Gasteiger charge is -2.05. The van der Waals surface area contributed by atoms with Crippen LogP contribution in [0.5, 0.6) is 0 Å². The number of benzene rings is 1. The minimum absolute atomic E-state index is 0.0503. The van der Waals surface area contributed by atoms with Crippen LogP contribution in [-0.2, 0) is 16.3 Å². The van der Waals surface area contributed by atoms with Crippen molar-refractivity contribution in [3.05, 3.63) is 61.8 Å². The first kappa shape index (κ1) is 17.8. The molecule has 1 aromatic heterocycles. The van der Waals surface area contributed by atoms with Crippen LogP contribution in [0.1, 0.15) is 22.4 Å². The molecule has 2 N–H and O–H groups in total. The van der Waals surface area contributed by atoms with Crippen molar-refractivity contribution in [1.29, 1.82) is 5.26 Å². The fourth-order valence-corrected chi connectivity index (χ4v) is 2.93. The van der Waals surface area contributed by atoms with Gasteiger partial charge in [-0.2, -0.15) is 5.26 Å². The molecule has 0 aliphatic carbocycles. The minimum Gasteiger partial charge on any atom is -0.331 e. The molecule has 8 heteroatoms.